The van der Waals surface area contributed by atoms with E-state index in [-0.39, 0.29) is 6.10 Å². The summed E-state index contributed by atoms with van der Waals surface area (Å²) < 4.78 is 5.64. The zero-order chi connectivity index (χ0) is 11.1. The summed E-state index contributed by atoms with van der Waals surface area (Å²) in [6, 6.07) is 0. The molecule has 0 bridgehead atoms. The van der Waals surface area contributed by atoms with Crippen LogP contribution in [0.1, 0.15) is 46.0 Å². The third kappa shape index (κ3) is 5.38. The van der Waals surface area contributed by atoms with E-state index in [9.17, 15) is 0 Å². The van der Waals surface area contributed by atoms with E-state index in [0.29, 0.717) is 10.3 Å². The molecule has 0 radical (unpaired) electrons. The summed E-state index contributed by atoms with van der Waals surface area (Å²) in [5.41, 5.74) is 0. The molecule has 15 heavy (non-hydrogen) atoms. The first-order valence-corrected chi connectivity index (χ1v) is 6.75. The Morgan fingerprint density at radius 2 is 2.27 bits per heavy atom. The van der Waals surface area contributed by atoms with Gasteiger partial charge < -0.3 is 4.74 Å². The van der Waals surface area contributed by atoms with Crippen molar-refractivity contribution in [3.63, 3.8) is 0 Å². The minimum atomic E-state index is 0.240. The van der Waals surface area contributed by atoms with Crippen LogP contribution in [0.4, 0.5) is 0 Å². The molecule has 0 fully saturated rings. The number of aromatic nitrogens is 1. The average molecular weight is 248 g/mol. The van der Waals surface area contributed by atoms with Crippen LogP contribution in [0.5, 0.6) is 5.19 Å². The van der Waals surface area contributed by atoms with Crippen LogP contribution in [0.3, 0.4) is 0 Å². The molecule has 2 nitrogen and oxygen atoms in total. The lowest BCUT2D eigenvalue weighted by molar-refractivity contribution is 0.205. The topological polar surface area (TPSA) is 22.1 Å². The van der Waals surface area contributed by atoms with Gasteiger partial charge in [-0.3, -0.25) is 0 Å². The Hall–Kier alpha value is -0.280. The van der Waals surface area contributed by atoms with Crippen molar-refractivity contribution in [3.8, 4) is 5.19 Å². The fourth-order valence-electron chi connectivity index (χ4n) is 1.38. The molecule has 0 aliphatic heterocycles. The van der Waals surface area contributed by atoms with Crippen molar-refractivity contribution in [2.75, 3.05) is 0 Å². The summed E-state index contributed by atoms with van der Waals surface area (Å²) in [5.74, 6) is 0. The van der Waals surface area contributed by atoms with Gasteiger partial charge in [-0.05, 0) is 19.8 Å². The Bertz CT molecular complexity index is 277. The van der Waals surface area contributed by atoms with Crippen molar-refractivity contribution in [2.45, 2.75) is 52.1 Å². The van der Waals surface area contributed by atoms with Crippen LogP contribution in [-0.2, 0) is 0 Å². The highest BCUT2D eigenvalue weighted by Gasteiger charge is 2.06. The lowest BCUT2D eigenvalue weighted by Crippen LogP contribution is -2.11. The van der Waals surface area contributed by atoms with E-state index < -0.39 is 0 Å². The minimum absolute atomic E-state index is 0.240. The van der Waals surface area contributed by atoms with Crippen LogP contribution in [-0.4, -0.2) is 11.1 Å². The van der Waals surface area contributed by atoms with Crippen molar-refractivity contribution in [1.29, 1.82) is 0 Å². The van der Waals surface area contributed by atoms with Crippen LogP contribution in [0.2, 0.25) is 5.15 Å². The fourth-order valence-corrected chi connectivity index (χ4v) is 2.26. The molecule has 0 spiro atoms. The number of halogens is 1. The molecule has 0 saturated heterocycles. The van der Waals surface area contributed by atoms with Gasteiger partial charge in [-0.15, -0.1) is 0 Å². The summed E-state index contributed by atoms with van der Waals surface area (Å²) in [4.78, 5) is 4.06. The molecule has 1 aromatic heterocycles. The second kappa shape index (κ2) is 7.07. The number of hydrogen-bond acceptors (Lipinski definition) is 3. The van der Waals surface area contributed by atoms with Crippen LogP contribution in [0.25, 0.3) is 0 Å². The van der Waals surface area contributed by atoms with Gasteiger partial charge in [0.05, 0.1) is 6.10 Å². The molecular formula is C11H18ClNOS. The molecule has 1 unspecified atom stereocenters. The SMILES string of the molecule is CCCCCCC(C)Oc1nc(Cl)cs1. The molecule has 4 heteroatoms. The molecule has 1 rings (SSSR count). The van der Waals surface area contributed by atoms with Crippen molar-refractivity contribution in [3.05, 3.63) is 10.5 Å². The van der Waals surface area contributed by atoms with E-state index in [2.05, 4.69) is 18.8 Å². The number of hydrogen-bond donors (Lipinski definition) is 0. The lowest BCUT2D eigenvalue weighted by Gasteiger charge is -2.11. The van der Waals surface area contributed by atoms with Crippen LogP contribution < -0.4 is 4.74 Å². The number of nitrogens with zero attached hydrogens (tertiary/aromatic N) is 1. The molecule has 0 N–H and O–H groups in total. The number of ether oxygens (including phenoxy) is 1. The standard InChI is InChI=1S/C11H18ClNOS/c1-3-4-5-6-7-9(2)14-11-13-10(12)8-15-11/h8-9H,3-7H2,1-2H3. The van der Waals surface area contributed by atoms with E-state index in [1.54, 1.807) is 5.38 Å². The first kappa shape index (κ1) is 12.8. The number of unbranched alkanes of at least 4 members (excludes halogenated alkanes) is 3. The Balaban J connectivity index is 2.15. The van der Waals surface area contributed by atoms with E-state index in [1.165, 1.54) is 37.0 Å². The minimum Gasteiger partial charge on any atom is -0.467 e. The van der Waals surface area contributed by atoms with Gasteiger partial charge in [0.2, 0.25) is 0 Å². The summed E-state index contributed by atoms with van der Waals surface area (Å²) in [5, 5.41) is 3.00. The Morgan fingerprint density at radius 1 is 1.47 bits per heavy atom. The monoisotopic (exact) mass is 247 g/mol. The molecular weight excluding hydrogens is 230 g/mol. The molecule has 0 aliphatic carbocycles. The quantitative estimate of drug-likeness (QED) is 0.661. The van der Waals surface area contributed by atoms with Gasteiger partial charge >= 0.3 is 0 Å². The normalized spacial score (nSPS) is 12.7. The maximum atomic E-state index is 5.71. The first-order chi connectivity index (χ1) is 7.22. The first-order valence-electron chi connectivity index (χ1n) is 5.50. The summed E-state index contributed by atoms with van der Waals surface area (Å²) in [6.07, 6.45) is 6.45. The molecule has 1 aromatic rings. The summed E-state index contributed by atoms with van der Waals surface area (Å²) in [6.45, 7) is 4.30. The van der Waals surface area contributed by atoms with Crippen molar-refractivity contribution in [1.82, 2.24) is 4.98 Å². The van der Waals surface area contributed by atoms with Crippen molar-refractivity contribution >= 4 is 22.9 Å². The van der Waals surface area contributed by atoms with Gasteiger partial charge in [-0.25, -0.2) is 0 Å². The van der Waals surface area contributed by atoms with Crippen molar-refractivity contribution < 1.29 is 4.74 Å². The lowest BCUT2D eigenvalue weighted by atomic mass is 10.1. The summed E-state index contributed by atoms with van der Waals surface area (Å²) in [7, 11) is 0. The van der Waals surface area contributed by atoms with Gasteiger partial charge in [0.15, 0.2) is 0 Å². The van der Waals surface area contributed by atoms with E-state index in [1.807, 2.05) is 0 Å². The maximum absolute atomic E-state index is 5.71. The number of rotatable bonds is 7. The zero-order valence-corrected chi connectivity index (χ0v) is 10.9. The fraction of sp³-hybridized carbons (Fsp3) is 0.727. The third-order valence-corrected chi connectivity index (χ3v) is 3.27. The molecule has 0 aromatic carbocycles. The van der Waals surface area contributed by atoms with Gasteiger partial charge in [-0.2, -0.15) is 4.98 Å². The van der Waals surface area contributed by atoms with Gasteiger partial charge in [0.1, 0.15) is 5.15 Å². The predicted octanol–water partition coefficient (Wildman–Crippen LogP) is 4.53. The largest absolute Gasteiger partial charge is 0.467 e. The zero-order valence-electron chi connectivity index (χ0n) is 9.33. The smallest absolute Gasteiger partial charge is 0.274 e. The highest BCUT2D eigenvalue weighted by atomic mass is 35.5. The van der Waals surface area contributed by atoms with Crippen LogP contribution in [0.15, 0.2) is 5.38 Å². The molecule has 0 saturated carbocycles. The molecule has 1 heterocycles. The maximum Gasteiger partial charge on any atom is 0.274 e. The van der Waals surface area contributed by atoms with Gasteiger partial charge in [-0.1, -0.05) is 49.1 Å². The number of thiazole rings is 1. The molecule has 86 valence electrons. The van der Waals surface area contributed by atoms with E-state index >= 15 is 0 Å². The molecule has 0 amide bonds. The van der Waals surface area contributed by atoms with Crippen LogP contribution in [0, 0.1) is 0 Å². The second-order valence-electron chi connectivity index (χ2n) is 3.71. The molecule has 1 atom stereocenters. The van der Waals surface area contributed by atoms with Gasteiger partial charge in [0, 0.05) is 5.38 Å². The molecule has 0 aliphatic rings. The van der Waals surface area contributed by atoms with E-state index in [0.717, 1.165) is 6.42 Å². The third-order valence-electron chi connectivity index (χ3n) is 2.22. The van der Waals surface area contributed by atoms with Crippen molar-refractivity contribution in [2.24, 2.45) is 0 Å². The highest BCUT2D eigenvalue weighted by Crippen LogP contribution is 2.23. The van der Waals surface area contributed by atoms with Crippen LogP contribution >= 0.6 is 22.9 Å². The van der Waals surface area contributed by atoms with E-state index in [4.69, 9.17) is 16.3 Å². The Kier molecular flexibility index (Phi) is 6.03. The Morgan fingerprint density at radius 3 is 2.87 bits per heavy atom. The van der Waals surface area contributed by atoms with Gasteiger partial charge in [0.25, 0.3) is 5.19 Å². The Labute approximate surface area is 101 Å². The highest BCUT2D eigenvalue weighted by molar-refractivity contribution is 7.11. The second-order valence-corrected chi connectivity index (χ2v) is 4.92. The average Bonchev–Trinajstić information content (AvgIpc) is 2.59. The summed E-state index contributed by atoms with van der Waals surface area (Å²) >= 11 is 7.17. The predicted molar refractivity (Wildman–Crippen MR) is 66.0 cm³/mol.